The van der Waals surface area contributed by atoms with Gasteiger partial charge >= 0.3 is 29.6 Å². The summed E-state index contributed by atoms with van der Waals surface area (Å²) in [5.74, 6) is -1.12. The number of benzene rings is 2. The molecule has 0 aliphatic carbocycles. The smallest absolute Gasteiger partial charge is 0.744 e. The molecular formula is C10H6NNa2O8S2. The number of fused-ring (bicyclic) bond motifs is 1. The van der Waals surface area contributed by atoms with Crippen LogP contribution in [-0.2, 0) is 20.2 Å². The Balaban J connectivity index is 0.00000242. The van der Waals surface area contributed by atoms with Crippen LogP contribution in [0.25, 0.3) is 10.8 Å². The second-order valence-corrected chi connectivity index (χ2v) is 6.74. The first kappa shape index (κ1) is 22.9. The molecule has 0 aliphatic rings. The Morgan fingerprint density at radius 3 is 2.09 bits per heavy atom. The Bertz CT molecular complexity index is 972. The first-order valence-electron chi connectivity index (χ1n) is 5.12. The fourth-order valence-electron chi connectivity index (χ4n) is 1.77. The van der Waals surface area contributed by atoms with Gasteiger partial charge in [0.15, 0.2) is 11.4 Å². The summed E-state index contributed by atoms with van der Waals surface area (Å²) in [5, 5.41) is 11.8. The number of hydrogen-bond donors (Lipinski definition) is 2. The standard InChI is InChI=1S/C10H7NO8S2.2Na/c12-10-8(21(17,18)19)4-5-3-6(20(14,15)16)1-2-7(5)9(10)11-13;;/h1-4,12H,(H,14,15,16)(H,17,18,19);;/q;;+1/p-1. The van der Waals surface area contributed by atoms with Gasteiger partial charge in [0.2, 0.25) is 0 Å². The van der Waals surface area contributed by atoms with Crippen LogP contribution in [0.3, 0.4) is 0 Å². The van der Waals surface area contributed by atoms with Crippen molar-refractivity contribution in [2.24, 2.45) is 5.18 Å². The van der Waals surface area contributed by atoms with Crippen LogP contribution < -0.4 is 29.6 Å². The molecule has 9 nitrogen and oxygen atoms in total. The molecule has 0 fully saturated rings. The first-order valence-corrected chi connectivity index (χ1v) is 7.97. The van der Waals surface area contributed by atoms with Crippen LogP contribution >= 0.6 is 0 Å². The van der Waals surface area contributed by atoms with E-state index in [9.17, 15) is 31.4 Å². The summed E-state index contributed by atoms with van der Waals surface area (Å²) in [6.45, 7) is 0. The van der Waals surface area contributed by atoms with Gasteiger partial charge in [-0.05, 0) is 28.8 Å². The van der Waals surface area contributed by atoms with Crippen molar-refractivity contribution in [2.75, 3.05) is 0 Å². The zero-order chi connectivity index (χ0) is 16.0. The van der Waals surface area contributed by atoms with Gasteiger partial charge in [0.05, 0.1) is 9.79 Å². The third kappa shape index (κ3) is 4.72. The summed E-state index contributed by atoms with van der Waals surface area (Å²) in [6, 6.07) is 3.50. The molecule has 0 spiro atoms. The third-order valence-corrected chi connectivity index (χ3v) is 4.38. The maximum Gasteiger partial charge on any atom is 1.00 e. The molecular weight excluding hydrogens is 372 g/mol. The predicted octanol–water partition coefficient (Wildman–Crippen LogP) is -2.28. The van der Waals surface area contributed by atoms with E-state index >= 15 is 0 Å². The van der Waals surface area contributed by atoms with Crippen molar-refractivity contribution in [3.05, 3.63) is 29.2 Å². The number of nitrogens with zero attached hydrogens (tertiary/aromatic N) is 1. The molecule has 0 aliphatic heterocycles. The normalized spacial score (nSPS) is 11.4. The van der Waals surface area contributed by atoms with Crippen molar-refractivity contribution in [3.8, 4) is 5.75 Å². The molecule has 13 heteroatoms. The number of phenols is 1. The zero-order valence-electron chi connectivity index (χ0n) is 11.9. The fraction of sp³-hybridized carbons (Fsp3) is 0. The van der Waals surface area contributed by atoms with Crippen molar-refractivity contribution < 1.29 is 60.6 Å². The minimum Gasteiger partial charge on any atom is -0.744 e. The quantitative estimate of drug-likeness (QED) is 0.343. The Kier molecular flexibility index (Phi) is 7.84. The van der Waals surface area contributed by atoms with Crippen LogP contribution in [0.15, 0.2) is 39.2 Å². The van der Waals surface area contributed by atoms with E-state index < -0.39 is 41.5 Å². The maximum atomic E-state index is 11.0. The first-order chi connectivity index (χ1) is 9.55. The van der Waals surface area contributed by atoms with E-state index in [1.807, 2.05) is 0 Å². The number of phenolic OH excluding ortho intramolecular Hbond substituents is 1. The van der Waals surface area contributed by atoms with Gasteiger partial charge in [-0.1, -0.05) is 6.07 Å². The zero-order valence-corrected chi connectivity index (χ0v) is 17.6. The summed E-state index contributed by atoms with van der Waals surface area (Å²) in [6.07, 6.45) is 0. The Morgan fingerprint density at radius 2 is 1.65 bits per heavy atom. The Morgan fingerprint density at radius 1 is 1.09 bits per heavy atom. The molecule has 0 bridgehead atoms. The SMILES string of the molecule is O=Nc1c(O)c(S(=O)(=O)[O-])cc2cc(S(=O)(=O)O)ccc12.[Na+].[Na]. The summed E-state index contributed by atoms with van der Waals surface area (Å²) in [4.78, 5) is 9.04. The monoisotopic (exact) mass is 378 g/mol. The minimum atomic E-state index is -5.12. The largest absolute Gasteiger partial charge is 1.00 e. The second-order valence-electron chi connectivity index (χ2n) is 3.98. The Hall–Kier alpha value is -0.0800. The van der Waals surface area contributed by atoms with Crippen LogP contribution in [-0.4, -0.2) is 60.6 Å². The van der Waals surface area contributed by atoms with E-state index in [0.29, 0.717) is 6.07 Å². The fourth-order valence-corrected chi connectivity index (χ4v) is 2.89. The number of aromatic hydroxyl groups is 1. The van der Waals surface area contributed by atoms with Gasteiger partial charge in [-0.2, -0.15) is 8.42 Å². The van der Waals surface area contributed by atoms with Gasteiger partial charge in [-0.25, -0.2) is 8.42 Å². The van der Waals surface area contributed by atoms with Gasteiger partial charge in [0.25, 0.3) is 10.1 Å². The molecule has 0 aromatic heterocycles. The van der Waals surface area contributed by atoms with Crippen LogP contribution in [0, 0.1) is 4.91 Å². The van der Waals surface area contributed by atoms with E-state index in [0.717, 1.165) is 18.2 Å². The molecule has 0 atom stereocenters. The van der Waals surface area contributed by atoms with E-state index in [-0.39, 0.29) is 69.9 Å². The molecule has 0 unspecified atom stereocenters. The van der Waals surface area contributed by atoms with Crippen molar-refractivity contribution in [1.82, 2.24) is 0 Å². The van der Waals surface area contributed by atoms with Crippen LogP contribution in [0.4, 0.5) is 5.69 Å². The number of hydrogen-bond acceptors (Lipinski definition) is 8. The van der Waals surface area contributed by atoms with Crippen LogP contribution in [0.1, 0.15) is 0 Å². The molecule has 2 aromatic carbocycles. The van der Waals surface area contributed by atoms with Gasteiger partial charge in [-0.15, -0.1) is 4.91 Å². The van der Waals surface area contributed by atoms with Crippen molar-refractivity contribution in [1.29, 1.82) is 0 Å². The molecule has 0 saturated heterocycles. The van der Waals surface area contributed by atoms with E-state index in [2.05, 4.69) is 5.18 Å². The average molecular weight is 378 g/mol. The molecule has 0 saturated carbocycles. The number of rotatable bonds is 3. The van der Waals surface area contributed by atoms with Gasteiger partial charge in [0.1, 0.15) is 10.1 Å². The van der Waals surface area contributed by atoms with E-state index in [1.165, 1.54) is 0 Å². The van der Waals surface area contributed by atoms with Gasteiger partial charge in [-0.3, -0.25) is 4.55 Å². The van der Waals surface area contributed by atoms with Crippen molar-refractivity contribution >= 4 is 66.3 Å². The molecule has 0 heterocycles. The average Bonchev–Trinajstić information content (AvgIpc) is 2.35. The molecule has 23 heavy (non-hydrogen) atoms. The predicted molar refractivity (Wildman–Crippen MR) is 74.6 cm³/mol. The van der Waals surface area contributed by atoms with E-state index in [1.54, 1.807) is 0 Å². The molecule has 1 radical (unpaired) electrons. The molecule has 0 amide bonds. The Labute approximate surface area is 175 Å². The number of nitroso groups, excluding NO2 is 1. The maximum absolute atomic E-state index is 11.0. The summed E-state index contributed by atoms with van der Waals surface area (Å²) < 4.78 is 64.0. The minimum absolute atomic E-state index is 0. The summed E-state index contributed by atoms with van der Waals surface area (Å²) in [7, 11) is -9.69. The molecule has 2 aromatic rings. The summed E-state index contributed by atoms with van der Waals surface area (Å²) in [5.41, 5.74) is -0.719. The van der Waals surface area contributed by atoms with Gasteiger partial charge < -0.3 is 9.66 Å². The summed E-state index contributed by atoms with van der Waals surface area (Å²) >= 11 is 0. The van der Waals surface area contributed by atoms with Crippen LogP contribution in [0.2, 0.25) is 0 Å². The molecule has 113 valence electrons. The van der Waals surface area contributed by atoms with E-state index in [4.69, 9.17) is 4.55 Å². The third-order valence-electron chi connectivity index (χ3n) is 2.68. The van der Waals surface area contributed by atoms with Crippen LogP contribution in [0.5, 0.6) is 5.75 Å². The molecule has 2 N–H and O–H groups in total. The van der Waals surface area contributed by atoms with Crippen molar-refractivity contribution in [3.63, 3.8) is 0 Å². The van der Waals surface area contributed by atoms with Gasteiger partial charge in [0, 0.05) is 34.9 Å². The van der Waals surface area contributed by atoms with Crippen molar-refractivity contribution in [2.45, 2.75) is 9.79 Å². The molecule has 2 rings (SSSR count). The topological polar surface area (TPSA) is 161 Å². The second kappa shape index (κ2) is 7.87.